The van der Waals surface area contributed by atoms with Gasteiger partial charge in [-0.05, 0) is 38.0 Å². The summed E-state index contributed by atoms with van der Waals surface area (Å²) >= 11 is 0. The van der Waals surface area contributed by atoms with Crippen LogP contribution >= 0.6 is 0 Å². The SMILES string of the molecule is CC1(C(C)(C#N)NCC2CCCO2)CC1. The smallest absolute Gasteiger partial charge is 0.109 e. The molecule has 0 aromatic carbocycles. The molecule has 2 fully saturated rings. The Kier molecular flexibility index (Phi) is 2.74. The zero-order valence-electron chi connectivity index (χ0n) is 9.68. The van der Waals surface area contributed by atoms with E-state index < -0.39 is 0 Å². The first-order valence-electron chi connectivity index (χ1n) is 5.88. The molecule has 0 aromatic rings. The van der Waals surface area contributed by atoms with Crippen molar-refractivity contribution >= 4 is 0 Å². The van der Waals surface area contributed by atoms with Crippen molar-refractivity contribution in [2.24, 2.45) is 5.41 Å². The average Bonchev–Trinajstić information content (AvgIpc) is 2.82. The summed E-state index contributed by atoms with van der Waals surface area (Å²) in [7, 11) is 0. The summed E-state index contributed by atoms with van der Waals surface area (Å²) in [5.41, 5.74) is -0.195. The molecule has 2 atom stereocenters. The van der Waals surface area contributed by atoms with Crippen LogP contribution in [-0.2, 0) is 4.74 Å². The highest BCUT2D eigenvalue weighted by Gasteiger charge is 2.53. The molecule has 3 nitrogen and oxygen atoms in total. The summed E-state index contributed by atoms with van der Waals surface area (Å²) in [4.78, 5) is 0. The van der Waals surface area contributed by atoms with Crippen LogP contribution in [0.1, 0.15) is 39.5 Å². The fraction of sp³-hybridized carbons (Fsp3) is 0.917. The summed E-state index contributed by atoms with van der Waals surface area (Å²) in [5.74, 6) is 0. The molecule has 1 heterocycles. The second-order valence-electron chi connectivity index (χ2n) is 5.31. The standard InChI is InChI=1S/C12H20N2O/c1-11(5-6-11)12(2,9-13)14-8-10-4-3-7-15-10/h10,14H,3-8H2,1-2H3. The zero-order valence-corrected chi connectivity index (χ0v) is 9.68. The van der Waals surface area contributed by atoms with Gasteiger partial charge in [-0.1, -0.05) is 6.92 Å². The highest BCUT2D eigenvalue weighted by atomic mass is 16.5. The minimum absolute atomic E-state index is 0.181. The Morgan fingerprint density at radius 2 is 2.33 bits per heavy atom. The van der Waals surface area contributed by atoms with Crippen LogP contribution in [0.5, 0.6) is 0 Å². The van der Waals surface area contributed by atoms with Gasteiger partial charge >= 0.3 is 0 Å². The van der Waals surface area contributed by atoms with Gasteiger partial charge in [0, 0.05) is 13.2 Å². The van der Waals surface area contributed by atoms with Crippen LogP contribution in [0.3, 0.4) is 0 Å². The molecule has 2 aliphatic rings. The van der Waals surface area contributed by atoms with Gasteiger partial charge in [-0.25, -0.2) is 0 Å². The maximum Gasteiger partial charge on any atom is 0.109 e. The molecule has 1 aliphatic carbocycles. The number of ether oxygens (including phenoxy) is 1. The molecule has 3 heteroatoms. The number of hydrogen-bond donors (Lipinski definition) is 1. The number of nitrogens with zero attached hydrogens (tertiary/aromatic N) is 1. The molecule has 0 spiro atoms. The molecule has 0 radical (unpaired) electrons. The Hall–Kier alpha value is -0.590. The summed E-state index contributed by atoms with van der Waals surface area (Å²) in [6, 6.07) is 2.44. The van der Waals surface area contributed by atoms with Crippen molar-refractivity contribution < 1.29 is 4.74 Å². The average molecular weight is 208 g/mol. The minimum Gasteiger partial charge on any atom is -0.377 e. The second kappa shape index (κ2) is 3.77. The van der Waals surface area contributed by atoms with E-state index in [1.165, 1.54) is 0 Å². The lowest BCUT2D eigenvalue weighted by Gasteiger charge is -2.31. The van der Waals surface area contributed by atoms with E-state index in [0.29, 0.717) is 6.10 Å². The molecule has 15 heavy (non-hydrogen) atoms. The number of rotatable bonds is 4. The molecular weight excluding hydrogens is 188 g/mol. The first kappa shape index (κ1) is 10.9. The van der Waals surface area contributed by atoms with Crippen LogP contribution in [0.25, 0.3) is 0 Å². The lowest BCUT2D eigenvalue weighted by Crippen LogP contribution is -2.50. The van der Waals surface area contributed by atoms with E-state index in [4.69, 9.17) is 4.74 Å². The van der Waals surface area contributed by atoms with Crippen molar-refractivity contribution in [1.82, 2.24) is 5.32 Å². The highest BCUT2D eigenvalue weighted by molar-refractivity contribution is 5.19. The summed E-state index contributed by atoms with van der Waals surface area (Å²) in [6.45, 7) is 5.92. The van der Waals surface area contributed by atoms with Crippen molar-refractivity contribution in [3.63, 3.8) is 0 Å². The van der Waals surface area contributed by atoms with Crippen LogP contribution in [0.15, 0.2) is 0 Å². The summed E-state index contributed by atoms with van der Waals surface area (Å²) in [6.07, 6.45) is 4.93. The Morgan fingerprint density at radius 3 is 2.80 bits per heavy atom. The molecule has 84 valence electrons. The topological polar surface area (TPSA) is 45.0 Å². The van der Waals surface area contributed by atoms with Crippen molar-refractivity contribution in [1.29, 1.82) is 5.26 Å². The third-order valence-electron chi connectivity index (χ3n) is 4.14. The monoisotopic (exact) mass is 208 g/mol. The quantitative estimate of drug-likeness (QED) is 0.766. The molecule has 2 unspecified atom stereocenters. The molecular formula is C12H20N2O. The molecule has 0 bridgehead atoms. The fourth-order valence-electron chi connectivity index (χ4n) is 2.20. The molecule has 1 saturated heterocycles. The van der Waals surface area contributed by atoms with Gasteiger partial charge in [0.2, 0.25) is 0 Å². The molecule has 0 aromatic heterocycles. The van der Waals surface area contributed by atoms with Crippen molar-refractivity contribution in [2.45, 2.75) is 51.2 Å². The normalized spacial score (nSPS) is 31.9. The van der Waals surface area contributed by atoms with E-state index in [1.807, 2.05) is 6.92 Å². The molecule has 1 saturated carbocycles. The third-order valence-corrected chi connectivity index (χ3v) is 4.14. The largest absolute Gasteiger partial charge is 0.377 e. The van der Waals surface area contributed by atoms with E-state index in [2.05, 4.69) is 18.3 Å². The van der Waals surface area contributed by atoms with Gasteiger partial charge in [0.1, 0.15) is 5.54 Å². The van der Waals surface area contributed by atoms with Gasteiger partial charge in [0.05, 0.1) is 12.2 Å². The van der Waals surface area contributed by atoms with Crippen molar-refractivity contribution in [2.75, 3.05) is 13.2 Å². The molecule has 2 rings (SSSR count). The van der Waals surface area contributed by atoms with E-state index in [0.717, 1.165) is 38.8 Å². The number of nitrogens with one attached hydrogen (secondary N) is 1. The van der Waals surface area contributed by atoms with Gasteiger partial charge < -0.3 is 4.74 Å². The molecule has 1 aliphatic heterocycles. The van der Waals surface area contributed by atoms with Crippen LogP contribution in [0.2, 0.25) is 0 Å². The van der Waals surface area contributed by atoms with Crippen LogP contribution in [-0.4, -0.2) is 24.8 Å². The zero-order chi connectivity index (χ0) is 10.9. The third kappa shape index (κ3) is 2.02. The van der Waals surface area contributed by atoms with E-state index in [-0.39, 0.29) is 11.0 Å². The Labute approximate surface area is 91.8 Å². The fourth-order valence-corrected chi connectivity index (χ4v) is 2.20. The van der Waals surface area contributed by atoms with Crippen LogP contribution < -0.4 is 5.32 Å². The Bertz CT molecular complexity index is 274. The Morgan fingerprint density at radius 1 is 1.60 bits per heavy atom. The summed E-state index contributed by atoms with van der Waals surface area (Å²) in [5, 5.41) is 12.7. The lowest BCUT2D eigenvalue weighted by atomic mass is 9.85. The van der Waals surface area contributed by atoms with Crippen molar-refractivity contribution in [3.8, 4) is 6.07 Å². The first-order chi connectivity index (χ1) is 7.10. The van der Waals surface area contributed by atoms with E-state index >= 15 is 0 Å². The Balaban J connectivity index is 1.88. The van der Waals surface area contributed by atoms with Crippen molar-refractivity contribution in [3.05, 3.63) is 0 Å². The lowest BCUT2D eigenvalue weighted by molar-refractivity contribution is 0.100. The van der Waals surface area contributed by atoms with Crippen LogP contribution in [0, 0.1) is 16.7 Å². The molecule has 1 N–H and O–H groups in total. The molecule has 0 amide bonds. The van der Waals surface area contributed by atoms with Crippen LogP contribution in [0.4, 0.5) is 0 Å². The maximum absolute atomic E-state index is 9.28. The first-order valence-corrected chi connectivity index (χ1v) is 5.88. The van der Waals surface area contributed by atoms with E-state index in [1.54, 1.807) is 0 Å². The van der Waals surface area contributed by atoms with Gasteiger partial charge in [-0.15, -0.1) is 0 Å². The van der Waals surface area contributed by atoms with Gasteiger partial charge in [0.25, 0.3) is 0 Å². The van der Waals surface area contributed by atoms with Gasteiger partial charge in [-0.2, -0.15) is 5.26 Å². The summed E-state index contributed by atoms with van der Waals surface area (Å²) < 4.78 is 5.55. The predicted molar refractivity (Wildman–Crippen MR) is 58.3 cm³/mol. The minimum atomic E-state index is -0.376. The van der Waals surface area contributed by atoms with Gasteiger partial charge in [-0.3, -0.25) is 5.32 Å². The predicted octanol–water partition coefficient (Wildman–Crippen LogP) is 1.84. The number of nitriles is 1. The maximum atomic E-state index is 9.28. The number of hydrogen-bond acceptors (Lipinski definition) is 3. The van der Waals surface area contributed by atoms with Gasteiger partial charge in [0.15, 0.2) is 0 Å². The van der Waals surface area contributed by atoms with E-state index in [9.17, 15) is 5.26 Å². The highest BCUT2D eigenvalue weighted by Crippen LogP contribution is 2.53. The second-order valence-corrected chi connectivity index (χ2v) is 5.31.